The Morgan fingerprint density at radius 1 is 1.30 bits per heavy atom. The van der Waals surface area contributed by atoms with Gasteiger partial charge >= 0.3 is 0 Å². The van der Waals surface area contributed by atoms with Gasteiger partial charge in [-0.2, -0.15) is 0 Å². The Morgan fingerprint density at radius 2 is 2.10 bits per heavy atom. The summed E-state index contributed by atoms with van der Waals surface area (Å²) in [6, 6.07) is 7.09. The van der Waals surface area contributed by atoms with Crippen molar-refractivity contribution < 1.29 is 19.4 Å². The number of carbonyl (C=O) groups is 1. The molecule has 2 aromatic rings. The van der Waals surface area contributed by atoms with Gasteiger partial charge in [-0.15, -0.1) is 0 Å². The van der Waals surface area contributed by atoms with Crippen LogP contribution < -0.4 is 9.47 Å². The van der Waals surface area contributed by atoms with E-state index < -0.39 is 0 Å². The number of aliphatic hydroxyl groups is 1. The topological polar surface area (TPSA) is 68.7 Å². The van der Waals surface area contributed by atoms with Crippen LogP contribution >= 0.6 is 0 Å². The molecule has 0 fully saturated rings. The molecule has 104 valence electrons. The SMILES string of the molecule is COc1cc(-c2ccccn2)c(C=O)c(CO)c1OC. The largest absolute Gasteiger partial charge is 0.493 e. The smallest absolute Gasteiger partial charge is 0.166 e. The molecular weight excluding hydrogens is 258 g/mol. The van der Waals surface area contributed by atoms with E-state index in [4.69, 9.17) is 9.47 Å². The monoisotopic (exact) mass is 273 g/mol. The molecule has 1 heterocycles. The van der Waals surface area contributed by atoms with Crippen LogP contribution in [0.15, 0.2) is 30.5 Å². The molecule has 5 heteroatoms. The molecule has 0 bridgehead atoms. The van der Waals surface area contributed by atoms with Crippen LogP contribution in [0.1, 0.15) is 15.9 Å². The molecule has 0 spiro atoms. The summed E-state index contributed by atoms with van der Waals surface area (Å²) in [6.07, 6.45) is 2.33. The summed E-state index contributed by atoms with van der Waals surface area (Å²) in [5.41, 5.74) is 1.97. The van der Waals surface area contributed by atoms with Crippen molar-refractivity contribution in [1.29, 1.82) is 0 Å². The maximum atomic E-state index is 11.4. The first-order valence-electron chi connectivity index (χ1n) is 6.02. The van der Waals surface area contributed by atoms with E-state index >= 15 is 0 Å². The second-order valence-electron chi connectivity index (χ2n) is 4.04. The van der Waals surface area contributed by atoms with Crippen molar-refractivity contribution in [1.82, 2.24) is 4.98 Å². The van der Waals surface area contributed by atoms with E-state index in [0.29, 0.717) is 40.2 Å². The first-order valence-corrected chi connectivity index (χ1v) is 6.02. The summed E-state index contributed by atoms with van der Waals surface area (Å²) >= 11 is 0. The second kappa shape index (κ2) is 6.16. The Hall–Kier alpha value is -2.40. The Balaban J connectivity index is 2.77. The van der Waals surface area contributed by atoms with Crippen molar-refractivity contribution in [2.75, 3.05) is 14.2 Å². The van der Waals surface area contributed by atoms with E-state index in [1.54, 1.807) is 24.4 Å². The highest BCUT2D eigenvalue weighted by molar-refractivity contribution is 5.91. The van der Waals surface area contributed by atoms with Gasteiger partial charge in [-0.05, 0) is 18.2 Å². The predicted molar refractivity (Wildman–Crippen MR) is 74.1 cm³/mol. The molecule has 0 aliphatic heterocycles. The van der Waals surface area contributed by atoms with Gasteiger partial charge in [-0.3, -0.25) is 9.78 Å². The molecule has 20 heavy (non-hydrogen) atoms. The summed E-state index contributed by atoms with van der Waals surface area (Å²) < 4.78 is 10.5. The van der Waals surface area contributed by atoms with Gasteiger partial charge in [0.1, 0.15) is 0 Å². The van der Waals surface area contributed by atoms with Gasteiger partial charge < -0.3 is 14.6 Å². The lowest BCUT2D eigenvalue weighted by Crippen LogP contribution is -2.03. The van der Waals surface area contributed by atoms with Gasteiger partial charge in [0.15, 0.2) is 17.8 Å². The fourth-order valence-corrected chi connectivity index (χ4v) is 2.11. The zero-order valence-electron chi connectivity index (χ0n) is 11.3. The molecule has 0 aliphatic carbocycles. The lowest BCUT2D eigenvalue weighted by Gasteiger charge is -2.16. The zero-order valence-corrected chi connectivity index (χ0v) is 11.3. The van der Waals surface area contributed by atoms with Gasteiger partial charge in [-0.1, -0.05) is 6.07 Å². The van der Waals surface area contributed by atoms with E-state index in [2.05, 4.69) is 4.98 Å². The molecule has 1 N–H and O–H groups in total. The minimum atomic E-state index is -0.325. The van der Waals surface area contributed by atoms with Crippen LogP contribution in [0, 0.1) is 0 Å². The molecule has 0 unspecified atom stereocenters. The number of hydrogen-bond donors (Lipinski definition) is 1. The van der Waals surface area contributed by atoms with Crippen molar-refractivity contribution in [2.24, 2.45) is 0 Å². The van der Waals surface area contributed by atoms with Crippen LogP contribution in [0.3, 0.4) is 0 Å². The Labute approximate surface area is 116 Å². The van der Waals surface area contributed by atoms with E-state index in [1.807, 2.05) is 6.07 Å². The normalized spacial score (nSPS) is 10.2. The van der Waals surface area contributed by atoms with Crippen molar-refractivity contribution in [3.05, 3.63) is 41.6 Å². The lowest BCUT2D eigenvalue weighted by atomic mass is 9.97. The van der Waals surface area contributed by atoms with Crippen LogP contribution in [-0.2, 0) is 6.61 Å². The Bertz CT molecular complexity index is 611. The second-order valence-corrected chi connectivity index (χ2v) is 4.04. The number of carbonyl (C=O) groups excluding carboxylic acids is 1. The quantitative estimate of drug-likeness (QED) is 0.845. The first kappa shape index (κ1) is 14.0. The fourth-order valence-electron chi connectivity index (χ4n) is 2.11. The first-order chi connectivity index (χ1) is 9.76. The van der Waals surface area contributed by atoms with Crippen LogP contribution in [0.5, 0.6) is 11.5 Å². The van der Waals surface area contributed by atoms with Crippen LogP contribution in [0.25, 0.3) is 11.3 Å². The minimum Gasteiger partial charge on any atom is -0.493 e. The molecule has 1 aromatic carbocycles. The molecule has 0 atom stereocenters. The van der Waals surface area contributed by atoms with Gasteiger partial charge in [0, 0.05) is 22.9 Å². The van der Waals surface area contributed by atoms with Crippen LogP contribution in [-0.4, -0.2) is 30.6 Å². The number of aromatic nitrogens is 1. The molecule has 1 aromatic heterocycles. The third-order valence-corrected chi connectivity index (χ3v) is 3.03. The van der Waals surface area contributed by atoms with Gasteiger partial charge in [0.2, 0.25) is 0 Å². The number of pyridine rings is 1. The van der Waals surface area contributed by atoms with E-state index in [9.17, 15) is 9.90 Å². The average molecular weight is 273 g/mol. The number of ether oxygens (including phenoxy) is 2. The van der Waals surface area contributed by atoms with Crippen molar-refractivity contribution in [3.63, 3.8) is 0 Å². The number of rotatable bonds is 5. The van der Waals surface area contributed by atoms with Gasteiger partial charge in [0.25, 0.3) is 0 Å². The Kier molecular flexibility index (Phi) is 4.32. The predicted octanol–water partition coefficient (Wildman–Crippen LogP) is 2.07. The maximum Gasteiger partial charge on any atom is 0.166 e. The molecule has 0 aliphatic rings. The third-order valence-electron chi connectivity index (χ3n) is 3.03. The van der Waals surface area contributed by atoms with Crippen LogP contribution in [0.4, 0.5) is 0 Å². The molecule has 5 nitrogen and oxygen atoms in total. The standard InChI is InChI=1S/C15H15NO4/c1-19-14-7-10(13-5-3-4-6-16-13)11(8-17)12(9-18)15(14)20-2/h3-8,18H,9H2,1-2H3. The highest BCUT2D eigenvalue weighted by atomic mass is 16.5. The lowest BCUT2D eigenvalue weighted by molar-refractivity contribution is 0.112. The van der Waals surface area contributed by atoms with Gasteiger partial charge in [0.05, 0.1) is 26.5 Å². The molecule has 2 rings (SSSR count). The van der Waals surface area contributed by atoms with Crippen molar-refractivity contribution in [3.8, 4) is 22.8 Å². The summed E-state index contributed by atoms with van der Waals surface area (Å²) in [5.74, 6) is 0.805. The minimum absolute atomic E-state index is 0.325. The van der Waals surface area contributed by atoms with E-state index in [1.165, 1.54) is 14.2 Å². The fraction of sp³-hybridized carbons (Fsp3) is 0.200. The Morgan fingerprint density at radius 3 is 2.60 bits per heavy atom. The number of hydrogen-bond acceptors (Lipinski definition) is 5. The summed E-state index contributed by atoms with van der Waals surface area (Å²) in [7, 11) is 2.97. The average Bonchev–Trinajstić information content (AvgIpc) is 2.53. The molecule has 0 saturated carbocycles. The summed E-state index contributed by atoms with van der Waals surface area (Å²) in [5, 5.41) is 9.54. The van der Waals surface area contributed by atoms with E-state index in [0.717, 1.165) is 0 Å². The molecular formula is C15H15NO4. The molecule has 0 amide bonds. The van der Waals surface area contributed by atoms with E-state index in [-0.39, 0.29) is 6.61 Å². The number of methoxy groups -OCH3 is 2. The van der Waals surface area contributed by atoms with Gasteiger partial charge in [-0.25, -0.2) is 0 Å². The highest BCUT2D eigenvalue weighted by Gasteiger charge is 2.20. The number of aliphatic hydroxyl groups excluding tert-OH is 1. The summed E-state index contributed by atoms with van der Waals surface area (Å²) in [6.45, 7) is -0.325. The van der Waals surface area contributed by atoms with Crippen molar-refractivity contribution in [2.45, 2.75) is 6.61 Å². The molecule has 0 radical (unpaired) electrons. The maximum absolute atomic E-state index is 11.4. The third kappa shape index (κ3) is 2.35. The number of nitrogens with zero attached hydrogens (tertiary/aromatic N) is 1. The summed E-state index contributed by atoms with van der Waals surface area (Å²) in [4.78, 5) is 15.6. The number of benzene rings is 1. The molecule has 0 saturated heterocycles. The highest BCUT2D eigenvalue weighted by Crippen LogP contribution is 2.38. The van der Waals surface area contributed by atoms with Crippen LogP contribution in [0.2, 0.25) is 0 Å². The zero-order chi connectivity index (χ0) is 14.5. The number of aldehydes is 1. The van der Waals surface area contributed by atoms with Crippen molar-refractivity contribution >= 4 is 6.29 Å².